The molecule has 1 aliphatic heterocycles. The van der Waals surface area contributed by atoms with Crippen molar-refractivity contribution < 1.29 is 14.0 Å². The molecule has 4 rings (SSSR count). The third kappa shape index (κ3) is 4.17. The number of hydrazone groups is 1. The molecule has 0 aromatic heterocycles. The van der Waals surface area contributed by atoms with Gasteiger partial charge in [-0.2, -0.15) is 5.10 Å². The first kappa shape index (κ1) is 19.6. The summed E-state index contributed by atoms with van der Waals surface area (Å²) in [6, 6.07) is 13.0. The van der Waals surface area contributed by atoms with Crippen LogP contribution in [-0.4, -0.2) is 41.0 Å². The number of amides is 2. The number of hydrogen-bond acceptors (Lipinski definition) is 3. The van der Waals surface area contributed by atoms with E-state index in [1.165, 1.54) is 22.0 Å². The van der Waals surface area contributed by atoms with Crippen LogP contribution in [0.5, 0.6) is 0 Å². The summed E-state index contributed by atoms with van der Waals surface area (Å²) >= 11 is 6.33. The first-order valence-corrected chi connectivity index (χ1v) is 9.96. The second kappa shape index (κ2) is 7.95. The summed E-state index contributed by atoms with van der Waals surface area (Å²) in [4.78, 5) is 26.7. The van der Waals surface area contributed by atoms with Crippen molar-refractivity contribution in [3.8, 4) is 0 Å². The van der Waals surface area contributed by atoms with Gasteiger partial charge in [-0.05, 0) is 36.6 Å². The Bertz CT molecular complexity index is 972. The van der Waals surface area contributed by atoms with Crippen molar-refractivity contribution in [3.05, 3.63) is 70.5 Å². The molecule has 0 bridgehead atoms. The van der Waals surface area contributed by atoms with E-state index < -0.39 is 0 Å². The van der Waals surface area contributed by atoms with Crippen molar-refractivity contribution in [1.29, 1.82) is 0 Å². The molecule has 7 heteroatoms. The second-order valence-electron chi connectivity index (χ2n) is 7.50. The molecule has 5 nitrogen and oxygen atoms in total. The molecule has 1 aliphatic carbocycles. The minimum absolute atomic E-state index is 0.00816. The van der Waals surface area contributed by atoms with Crippen molar-refractivity contribution in [3.63, 3.8) is 0 Å². The lowest BCUT2D eigenvalue weighted by Crippen LogP contribution is -2.39. The summed E-state index contributed by atoms with van der Waals surface area (Å²) in [5.41, 5.74) is 2.23. The van der Waals surface area contributed by atoms with E-state index in [9.17, 15) is 14.0 Å². The molecular weight excluding hydrogens is 393 g/mol. The lowest BCUT2D eigenvalue weighted by Gasteiger charge is -2.25. The predicted octanol–water partition coefficient (Wildman–Crippen LogP) is 4.03. The third-order valence-corrected chi connectivity index (χ3v) is 5.61. The highest BCUT2D eigenvalue weighted by molar-refractivity contribution is 6.34. The number of likely N-dealkylation sites (N-methyl/N-ethyl adjacent to an activating group) is 1. The first-order valence-electron chi connectivity index (χ1n) is 9.59. The molecule has 29 heavy (non-hydrogen) atoms. The van der Waals surface area contributed by atoms with E-state index in [0.29, 0.717) is 17.2 Å². The molecule has 2 amide bonds. The summed E-state index contributed by atoms with van der Waals surface area (Å²) in [7, 11) is 1.64. The van der Waals surface area contributed by atoms with Crippen LogP contribution in [0.15, 0.2) is 53.6 Å². The fourth-order valence-corrected chi connectivity index (χ4v) is 3.78. The molecule has 1 atom stereocenters. The van der Waals surface area contributed by atoms with Crippen molar-refractivity contribution >= 4 is 29.1 Å². The Balaban J connectivity index is 1.61. The Labute approximate surface area is 173 Å². The molecule has 1 heterocycles. The minimum atomic E-state index is -0.376. The zero-order valence-electron chi connectivity index (χ0n) is 16.0. The van der Waals surface area contributed by atoms with Crippen LogP contribution in [0.3, 0.4) is 0 Å². The van der Waals surface area contributed by atoms with Crippen LogP contribution < -0.4 is 0 Å². The molecule has 0 N–H and O–H groups in total. The van der Waals surface area contributed by atoms with Gasteiger partial charge in [-0.15, -0.1) is 0 Å². The SMILES string of the molecule is CN(CC(=O)N1N=C(c2ccccc2Cl)C[C@H]1c1ccc(F)cc1)C(=O)C1CC1. The van der Waals surface area contributed by atoms with E-state index in [1.807, 2.05) is 18.2 Å². The average molecular weight is 414 g/mol. The molecule has 0 spiro atoms. The number of halogens is 2. The van der Waals surface area contributed by atoms with Gasteiger partial charge in [0.2, 0.25) is 5.91 Å². The normalized spacial score (nSPS) is 18.5. The van der Waals surface area contributed by atoms with Gasteiger partial charge >= 0.3 is 0 Å². The summed E-state index contributed by atoms with van der Waals surface area (Å²) in [6.07, 6.45) is 2.23. The van der Waals surface area contributed by atoms with E-state index in [-0.39, 0.29) is 36.1 Å². The van der Waals surface area contributed by atoms with Crippen LogP contribution in [0.2, 0.25) is 5.02 Å². The number of carbonyl (C=O) groups is 2. The van der Waals surface area contributed by atoms with Gasteiger partial charge in [0.15, 0.2) is 0 Å². The van der Waals surface area contributed by atoms with Crippen LogP contribution in [0.4, 0.5) is 4.39 Å². The van der Waals surface area contributed by atoms with Gasteiger partial charge in [0, 0.05) is 30.0 Å². The minimum Gasteiger partial charge on any atom is -0.336 e. The van der Waals surface area contributed by atoms with Gasteiger partial charge in [0.05, 0.1) is 11.8 Å². The van der Waals surface area contributed by atoms with Gasteiger partial charge in [-0.1, -0.05) is 41.9 Å². The summed E-state index contributed by atoms with van der Waals surface area (Å²) in [5.74, 6) is -0.586. The molecule has 2 aromatic rings. The fourth-order valence-electron chi connectivity index (χ4n) is 3.54. The summed E-state index contributed by atoms with van der Waals surface area (Å²) in [6.45, 7) is -0.0493. The molecule has 0 saturated heterocycles. The van der Waals surface area contributed by atoms with Crippen LogP contribution in [0.1, 0.15) is 36.4 Å². The average Bonchev–Trinajstić information content (AvgIpc) is 3.47. The maximum atomic E-state index is 13.4. The predicted molar refractivity (Wildman–Crippen MR) is 109 cm³/mol. The highest BCUT2D eigenvalue weighted by Gasteiger charge is 2.36. The molecule has 1 saturated carbocycles. The van der Waals surface area contributed by atoms with Crippen LogP contribution in [-0.2, 0) is 9.59 Å². The zero-order chi connectivity index (χ0) is 20.5. The van der Waals surface area contributed by atoms with Gasteiger partial charge in [-0.25, -0.2) is 9.40 Å². The maximum Gasteiger partial charge on any atom is 0.262 e. The Hall–Kier alpha value is -2.73. The standard InChI is InChI=1S/C22H21ClFN3O2/c1-26(22(29)15-6-7-15)13-21(28)27-20(14-8-10-16(24)11-9-14)12-19(25-27)17-4-2-3-5-18(17)23/h2-5,8-11,15,20H,6-7,12-13H2,1H3/t20-/m0/s1. The molecular formula is C22H21ClFN3O2. The smallest absolute Gasteiger partial charge is 0.262 e. The quantitative estimate of drug-likeness (QED) is 0.743. The maximum absolute atomic E-state index is 13.4. The molecule has 150 valence electrons. The Morgan fingerprint density at radius 1 is 1.17 bits per heavy atom. The molecule has 2 aliphatic rings. The summed E-state index contributed by atoms with van der Waals surface area (Å²) in [5, 5.41) is 6.52. The monoisotopic (exact) mass is 413 g/mol. The van der Waals surface area contributed by atoms with Crippen molar-refractivity contribution in [1.82, 2.24) is 9.91 Å². The van der Waals surface area contributed by atoms with Gasteiger partial charge in [0.25, 0.3) is 5.91 Å². The number of rotatable bonds is 5. The Morgan fingerprint density at radius 3 is 2.52 bits per heavy atom. The fraction of sp³-hybridized carbons (Fsp3) is 0.318. The van der Waals surface area contributed by atoms with Crippen LogP contribution in [0.25, 0.3) is 0 Å². The third-order valence-electron chi connectivity index (χ3n) is 5.28. The van der Waals surface area contributed by atoms with Gasteiger partial charge in [0.1, 0.15) is 12.4 Å². The van der Waals surface area contributed by atoms with Gasteiger partial charge in [-0.3, -0.25) is 9.59 Å². The topological polar surface area (TPSA) is 53.0 Å². The lowest BCUT2D eigenvalue weighted by atomic mass is 9.98. The van der Waals surface area contributed by atoms with E-state index in [2.05, 4.69) is 5.10 Å². The molecule has 2 aromatic carbocycles. The highest BCUT2D eigenvalue weighted by atomic mass is 35.5. The zero-order valence-corrected chi connectivity index (χ0v) is 16.8. The number of nitrogens with zero attached hydrogens (tertiary/aromatic N) is 3. The molecule has 0 unspecified atom stereocenters. The van der Waals surface area contributed by atoms with Crippen LogP contribution >= 0.6 is 11.6 Å². The largest absolute Gasteiger partial charge is 0.336 e. The van der Waals surface area contributed by atoms with Gasteiger partial charge < -0.3 is 4.90 Å². The molecule has 0 radical (unpaired) electrons. The molecule has 1 fully saturated rings. The highest BCUT2D eigenvalue weighted by Crippen LogP contribution is 2.35. The van der Waals surface area contributed by atoms with E-state index >= 15 is 0 Å². The Kier molecular flexibility index (Phi) is 5.37. The number of carbonyl (C=O) groups excluding carboxylic acids is 2. The van der Waals surface area contributed by atoms with E-state index in [0.717, 1.165) is 24.0 Å². The van der Waals surface area contributed by atoms with Crippen molar-refractivity contribution in [2.75, 3.05) is 13.6 Å². The lowest BCUT2D eigenvalue weighted by molar-refractivity contribution is -0.141. The van der Waals surface area contributed by atoms with Crippen molar-refractivity contribution in [2.45, 2.75) is 25.3 Å². The van der Waals surface area contributed by atoms with E-state index in [4.69, 9.17) is 11.6 Å². The van der Waals surface area contributed by atoms with Crippen LogP contribution in [0, 0.1) is 11.7 Å². The second-order valence-corrected chi connectivity index (χ2v) is 7.91. The number of hydrogen-bond donors (Lipinski definition) is 0. The Morgan fingerprint density at radius 2 is 1.86 bits per heavy atom. The number of benzene rings is 2. The first-order chi connectivity index (χ1) is 13.9. The summed E-state index contributed by atoms with van der Waals surface area (Å²) < 4.78 is 13.4. The van der Waals surface area contributed by atoms with E-state index in [1.54, 1.807) is 25.2 Å². The van der Waals surface area contributed by atoms with Crippen molar-refractivity contribution in [2.24, 2.45) is 11.0 Å².